The molecule has 15 heavy (non-hydrogen) atoms. The van der Waals surface area contributed by atoms with E-state index in [1.54, 1.807) is 6.92 Å². The first kappa shape index (κ1) is 9.71. The van der Waals surface area contributed by atoms with Crippen molar-refractivity contribution in [1.82, 2.24) is 4.98 Å². The molecule has 0 fully saturated rings. The minimum absolute atomic E-state index is 0.255. The molecule has 1 heterocycles. The standard InChI is InChI=1S/C11H11NO3/c1-7-12-9-5-8(6-11(13)14-2)3-4-10(9)15-7/h3-5H,6H2,1-2H3. The zero-order chi connectivity index (χ0) is 10.8. The summed E-state index contributed by atoms with van der Waals surface area (Å²) < 4.78 is 9.92. The fraction of sp³-hybridized carbons (Fsp3) is 0.273. The van der Waals surface area contributed by atoms with E-state index in [9.17, 15) is 4.79 Å². The van der Waals surface area contributed by atoms with Crippen LogP contribution < -0.4 is 0 Å². The molecule has 0 saturated carbocycles. The lowest BCUT2D eigenvalue weighted by Crippen LogP contribution is -2.04. The third kappa shape index (κ3) is 1.98. The molecular weight excluding hydrogens is 194 g/mol. The third-order valence-electron chi connectivity index (χ3n) is 2.14. The Kier molecular flexibility index (Phi) is 2.41. The highest BCUT2D eigenvalue weighted by Crippen LogP contribution is 2.17. The Balaban J connectivity index is 2.33. The molecule has 0 spiro atoms. The van der Waals surface area contributed by atoms with Gasteiger partial charge in [0, 0.05) is 6.92 Å². The maximum absolute atomic E-state index is 11.1. The highest BCUT2D eigenvalue weighted by atomic mass is 16.5. The van der Waals surface area contributed by atoms with Gasteiger partial charge in [-0.2, -0.15) is 0 Å². The van der Waals surface area contributed by atoms with E-state index < -0.39 is 0 Å². The molecule has 0 N–H and O–H groups in total. The lowest BCUT2D eigenvalue weighted by Gasteiger charge is -1.98. The van der Waals surface area contributed by atoms with Crippen molar-refractivity contribution in [3.63, 3.8) is 0 Å². The first-order valence-corrected chi connectivity index (χ1v) is 4.62. The molecule has 0 aliphatic heterocycles. The number of ether oxygens (including phenoxy) is 1. The molecule has 2 rings (SSSR count). The van der Waals surface area contributed by atoms with Gasteiger partial charge in [-0.05, 0) is 17.7 Å². The number of aryl methyl sites for hydroxylation is 1. The zero-order valence-corrected chi connectivity index (χ0v) is 8.61. The van der Waals surface area contributed by atoms with Gasteiger partial charge in [-0.25, -0.2) is 4.98 Å². The van der Waals surface area contributed by atoms with Gasteiger partial charge in [-0.15, -0.1) is 0 Å². The molecular formula is C11H11NO3. The molecule has 0 atom stereocenters. The number of esters is 1. The van der Waals surface area contributed by atoms with E-state index in [4.69, 9.17) is 4.42 Å². The second-order valence-electron chi connectivity index (χ2n) is 3.29. The number of hydrogen-bond acceptors (Lipinski definition) is 4. The summed E-state index contributed by atoms with van der Waals surface area (Å²) in [5.74, 6) is 0.370. The van der Waals surface area contributed by atoms with Crippen LogP contribution in [0.5, 0.6) is 0 Å². The summed E-state index contributed by atoms with van der Waals surface area (Å²) in [5, 5.41) is 0. The van der Waals surface area contributed by atoms with Crippen molar-refractivity contribution in [3.8, 4) is 0 Å². The minimum Gasteiger partial charge on any atom is -0.469 e. The molecule has 4 nitrogen and oxygen atoms in total. The highest BCUT2D eigenvalue weighted by molar-refractivity contribution is 5.77. The topological polar surface area (TPSA) is 52.3 Å². The second-order valence-corrected chi connectivity index (χ2v) is 3.29. The van der Waals surface area contributed by atoms with Crippen LogP contribution in [-0.4, -0.2) is 18.1 Å². The Morgan fingerprint density at radius 3 is 3.07 bits per heavy atom. The van der Waals surface area contributed by atoms with E-state index in [0.717, 1.165) is 16.7 Å². The van der Waals surface area contributed by atoms with Crippen LogP contribution in [0.2, 0.25) is 0 Å². The second kappa shape index (κ2) is 3.73. The summed E-state index contributed by atoms with van der Waals surface area (Å²) in [5.41, 5.74) is 2.39. The van der Waals surface area contributed by atoms with Crippen LogP contribution in [0.1, 0.15) is 11.5 Å². The van der Waals surface area contributed by atoms with Crippen LogP contribution >= 0.6 is 0 Å². The molecule has 0 aliphatic carbocycles. The number of oxazole rings is 1. The van der Waals surface area contributed by atoms with Crippen molar-refractivity contribution in [1.29, 1.82) is 0 Å². The van der Waals surface area contributed by atoms with Gasteiger partial charge >= 0.3 is 5.97 Å². The van der Waals surface area contributed by atoms with E-state index in [0.29, 0.717) is 5.89 Å². The maximum atomic E-state index is 11.1. The Bertz CT molecular complexity index is 502. The molecule has 0 bridgehead atoms. The summed E-state index contributed by atoms with van der Waals surface area (Å²) in [4.78, 5) is 15.2. The van der Waals surface area contributed by atoms with E-state index in [1.807, 2.05) is 18.2 Å². The maximum Gasteiger partial charge on any atom is 0.309 e. The summed E-state index contributed by atoms with van der Waals surface area (Å²) in [6.45, 7) is 1.79. The molecule has 0 saturated heterocycles. The summed E-state index contributed by atoms with van der Waals surface area (Å²) >= 11 is 0. The first-order chi connectivity index (χ1) is 7.19. The van der Waals surface area contributed by atoms with Gasteiger partial charge in [0.2, 0.25) is 0 Å². The minimum atomic E-state index is -0.255. The van der Waals surface area contributed by atoms with Crippen molar-refractivity contribution in [2.75, 3.05) is 7.11 Å². The zero-order valence-electron chi connectivity index (χ0n) is 8.61. The Hall–Kier alpha value is -1.84. The fourth-order valence-electron chi connectivity index (χ4n) is 1.44. The molecule has 4 heteroatoms. The van der Waals surface area contributed by atoms with Crippen LogP contribution in [-0.2, 0) is 16.0 Å². The average Bonchev–Trinajstić information content (AvgIpc) is 2.57. The number of fused-ring (bicyclic) bond motifs is 1. The average molecular weight is 205 g/mol. The van der Waals surface area contributed by atoms with Crippen molar-refractivity contribution < 1.29 is 13.9 Å². The molecule has 0 radical (unpaired) electrons. The number of nitrogens with zero attached hydrogens (tertiary/aromatic N) is 1. The highest BCUT2D eigenvalue weighted by Gasteiger charge is 2.06. The molecule has 1 aromatic heterocycles. The van der Waals surface area contributed by atoms with E-state index >= 15 is 0 Å². The number of aromatic nitrogens is 1. The Morgan fingerprint density at radius 2 is 2.33 bits per heavy atom. The number of carbonyl (C=O) groups is 1. The SMILES string of the molecule is COC(=O)Cc1ccc2oc(C)nc2c1. The predicted octanol–water partition coefficient (Wildman–Crippen LogP) is 1.85. The number of benzene rings is 1. The summed E-state index contributed by atoms with van der Waals surface area (Å²) in [6.07, 6.45) is 0.262. The van der Waals surface area contributed by atoms with Crippen LogP contribution in [0.3, 0.4) is 0 Å². The van der Waals surface area contributed by atoms with Crippen molar-refractivity contribution >= 4 is 17.1 Å². The summed E-state index contributed by atoms with van der Waals surface area (Å²) in [6, 6.07) is 5.49. The molecule has 0 aliphatic rings. The fourth-order valence-corrected chi connectivity index (χ4v) is 1.44. The monoisotopic (exact) mass is 205 g/mol. The van der Waals surface area contributed by atoms with E-state index in [-0.39, 0.29) is 12.4 Å². The van der Waals surface area contributed by atoms with Crippen molar-refractivity contribution in [2.24, 2.45) is 0 Å². The Labute approximate surface area is 86.9 Å². The third-order valence-corrected chi connectivity index (χ3v) is 2.14. The van der Waals surface area contributed by atoms with Gasteiger partial charge in [0.25, 0.3) is 0 Å². The van der Waals surface area contributed by atoms with Gasteiger partial charge in [0.1, 0.15) is 5.52 Å². The molecule has 78 valence electrons. The molecule has 2 aromatic rings. The van der Waals surface area contributed by atoms with Crippen LogP contribution in [0.15, 0.2) is 22.6 Å². The normalized spacial score (nSPS) is 10.5. The van der Waals surface area contributed by atoms with Crippen molar-refractivity contribution in [2.45, 2.75) is 13.3 Å². The van der Waals surface area contributed by atoms with Gasteiger partial charge in [0.05, 0.1) is 13.5 Å². The quantitative estimate of drug-likeness (QED) is 0.702. The number of rotatable bonds is 2. The lowest BCUT2D eigenvalue weighted by molar-refractivity contribution is -0.139. The predicted molar refractivity (Wildman–Crippen MR) is 54.5 cm³/mol. The summed E-state index contributed by atoms with van der Waals surface area (Å²) in [7, 11) is 1.38. The number of hydrogen-bond donors (Lipinski definition) is 0. The van der Waals surface area contributed by atoms with Crippen LogP contribution in [0.4, 0.5) is 0 Å². The number of carbonyl (C=O) groups excluding carboxylic acids is 1. The van der Waals surface area contributed by atoms with Gasteiger partial charge < -0.3 is 9.15 Å². The Morgan fingerprint density at radius 1 is 1.53 bits per heavy atom. The van der Waals surface area contributed by atoms with Gasteiger partial charge in [0.15, 0.2) is 11.5 Å². The van der Waals surface area contributed by atoms with E-state index in [1.165, 1.54) is 7.11 Å². The largest absolute Gasteiger partial charge is 0.469 e. The van der Waals surface area contributed by atoms with Crippen LogP contribution in [0.25, 0.3) is 11.1 Å². The van der Waals surface area contributed by atoms with Crippen molar-refractivity contribution in [3.05, 3.63) is 29.7 Å². The van der Waals surface area contributed by atoms with Gasteiger partial charge in [-0.3, -0.25) is 4.79 Å². The molecule has 0 unspecified atom stereocenters. The lowest BCUT2D eigenvalue weighted by atomic mass is 10.1. The molecule has 0 amide bonds. The van der Waals surface area contributed by atoms with Gasteiger partial charge in [-0.1, -0.05) is 6.07 Å². The van der Waals surface area contributed by atoms with E-state index in [2.05, 4.69) is 9.72 Å². The number of methoxy groups -OCH3 is 1. The smallest absolute Gasteiger partial charge is 0.309 e. The first-order valence-electron chi connectivity index (χ1n) is 4.62. The van der Waals surface area contributed by atoms with Crippen LogP contribution in [0, 0.1) is 6.92 Å². The molecule has 1 aromatic carbocycles.